The molecule has 110 valence electrons. The zero-order valence-corrected chi connectivity index (χ0v) is 13.1. The number of thioether (sulfide) groups is 1. The monoisotopic (exact) mass is 292 g/mol. The highest BCUT2D eigenvalue weighted by Crippen LogP contribution is 2.30. The van der Waals surface area contributed by atoms with Crippen LogP contribution in [0, 0.1) is 0 Å². The highest BCUT2D eigenvalue weighted by Gasteiger charge is 2.24. The molecule has 2 N–H and O–H groups in total. The summed E-state index contributed by atoms with van der Waals surface area (Å²) < 4.78 is 0. The van der Waals surface area contributed by atoms with Crippen LogP contribution in [0.2, 0.25) is 0 Å². The van der Waals surface area contributed by atoms with Crippen molar-refractivity contribution in [3.63, 3.8) is 0 Å². The zero-order valence-electron chi connectivity index (χ0n) is 12.3. The van der Waals surface area contributed by atoms with E-state index < -0.39 is 0 Å². The smallest absolute Gasteiger partial charge is 0.221 e. The average molecular weight is 292 g/mol. The van der Waals surface area contributed by atoms with Gasteiger partial charge in [0.25, 0.3) is 0 Å². The van der Waals surface area contributed by atoms with Gasteiger partial charge in [0.2, 0.25) is 5.91 Å². The van der Waals surface area contributed by atoms with E-state index in [1.165, 1.54) is 25.0 Å². The maximum Gasteiger partial charge on any atom is 0.221 e. The fourth-order valence-corrected chi connectivity index (χ4v) is 3.90. The minimum absolute atomic E-state index is 0.0160. The number of para-hydroxylation sites is 1. The highest BCUT2D eigenvalue weighted by atomic mass is 32.2. The third-order valence-electron chi connectivity index (χ3n) is 3.70. The SMILES string of the molecule is CCSC1CCC(NCc2ccccc2NC(C)=O)C1. The molecule has 1 aliphatic carbocycles. The van der Waals surface area contributed by atoms with Crippen LogP contribution in [0.4, 0.5) is 5.69 Å². The minimum Gasteiger partial charge on any atom is -0.326 e. The van der Waals surface area contributed by atoms with Gasteiger partial charge in [0.05, 0.1) is 0 Å². The summed E-state index contributed by atoms with van der Waals surface area (Å²) in [4.78, 5) is 11.2. The number of nitrogens with one attached hydrogen (secondary N) is 2. The highest BCUT2D eigenvalue weighted by molar-refractivity contribution is 7.99. The van der Waals surface area contributed by atoms with Crippen LogP contribution in [-0.4, -0.2) is 23.0 Å². The predicted molar refractivity (Wildman–Crippen MR) is 87.1 cm³/mol. The van der Waals surface area contributed by atoms with Gasteiger partial charge in [-0.3, -0.25) is 4.79 Å². The van der Waals surface area contributed by atoms with Gasteiger partial charge in [0.1, 0.15) is 0 Å². The largest absolute Gasteiger partial charge is 0.326 e. The van der Waals surface area contributed by atoms with Crippen LogP contribution in [0.25, 0.3) is 0 Å². The van der Waals surface area contributed by atoms with Gasteiger partial charge in [0, 0.05) is 30.4 Å². The molecular weight excluding hydrogens is 268 g/mol. The van der Waals surface area contributed by atoms with Crippen molar-refractivity contribution in [3.8, 4) is 0 Å². The maximum atomic E-state index is 11.2. The second-order valence-electron chi connectivity index (χ2n) is 5.31. The van der Waals surface area contributed by atoms with Crippen molar-refractivity contribution in [2.45, 2.75) is 50.9 Å². The Hall–Kier alpha value is -1.00. The molecule has 1 fully saturated rings. The van der Waals surface area contributed by atoms with E-state index in [1.807, 2.05) is 18.2 Å². The Bertz CT molecular complexity index is 450. The van der Waals surface area contributed by atoms with Crippen molar-refractivity contribution >= 4 is 23.4 Å². The molecule has 1 aromatic carbocycles. The first-order chi connectivity index (χ1) is 9.69. The summed E-state index contributed by atoms with van der Waals surface area (Å²) in [5, 5.41) is 7.35. The number of benzene rings is 1. The van der Waals surface area contributed by atoms with Crippen LogP contribution in [0.3, 0.4) is 0 Å². The van der Waals surface area contributed by atoms with Gasteiger partial charge in [-0.2, -0.15) is 11.8 Å². The third-order valence-corrected chi connectivity index (χ3v) is 4.93. The van der Waals surface area contributed by atoms with Crippen molar-refractivity contribution in [3.05, 3.63) is 29.8 Å². The lowest BCUT2D eigenvalue weighted by Gasteiger charge is -2.15. The van der Waals surface area contributed by atoms with E-state index in [2.05, 4.69) is 35.4 Å². The molecule has 20 heavy (non-hydrogen) atoms. The van der Waals surface area contributed by atoms with Crippen LogP contribution in [-0.2, 0) is 11.3 Å². The molecule has 1 saturated carbocycles. The van der Waals surface area contributed by atoms with Gasteiger partial charge in [-0.15, -0.1) is 0 Å². The maximum absolute atomic E-state index is 11.2. The quantitative estimate of drug-likeness (QED) is 0.844. The normalized spacial score (nSPS) is 21.9. The Labute approximate surface area is 125 Å². The fourth-order valence-electron chi connectivity index (χ4n) is 2.75. The van der Waals surface area contributed by atoms with Crippen LogP contribution in [0.15, 0.2) is 24.3 Å². The van der Waals surface area contributed by atoms with E-state index in [4.69, 9.17) is 0 Å². The number of hydrogen-bond donors (Lipinski definition) is 2. The van der Waals surface area contributed by atoms with Crippen molar-refractivity contribution < 1.29 is 4.79 Å². The first-order valence-corrected chi connectivity index (χ1v) is 8.44. The second kappa shape index (κ2) is 7.70. The molecule has 1 aliphatic rings. The molecule has 0 aliphatic heterocycles. The van der Waals surface area contributed by atoms with Crippen LogP contribution < -0.4 is 10.6 Å². The van der Waals surface area contributed by atoms with E-state index in [-0.39, 0.29) is 5.91 Å². The third kappa shape index (κ3) is 4.53. The van der Waals surface area contributed by atoms with Crippen molar-refractivity contribution in [1.82, 2.24) is 5.32 Å². The molecule has 2 rings (SSSR count). The van der Waals surface area contributed by atoms with E-state index in [0.29, 0.717) is 6.04 Å². The zero-order chi connectivity index (χ0) is 14.4. The van der Waals surface area contributed by atoms with Gasteiger partial charge >= 0.3 is 0 Å². The van der Waals surface area contributed by atoms with E-state index in [1.54, 1.807) is 6.92 Å². The Morgan fingerprint density at radius 3 is 2.90 bits per heavy atom. The summed E-state index contributed by atoms with van der Waals surface area (Å²) >= 11 is 2.08. The first kappa shape index (κ1) is 15.4. The molecule has 3 nitrogen and oxygen atoms in total. The summed E-state index contributed by atoms with van der Waals surface area (Å²) in [5.74, 6) is 1.20. The lowest BCUT2D eigenvalue weighted by molar-refractivity contribution is -0.114. The Balaban J connectivity index is 1.86. The molecule has 0 bridgehead atoms. The molecule has 0 saturated heterocycles. The number of hydrogen-bond acceptors (Lipinski definition) is 3. The summed E-state index contributed by atoms with van der Waals surface area (Å²) in [6.07, 6.45) is 3.85. The number of rotatable bonds is 6. The van der Waals surface area contributed by atoms with Gasteiger partial charge in [-0.1, -0.05) is 25.1 Å². The van der Waals surface area contributed by atoms with E-state index >= 15 is 0 Å². The molecule has 0 aromatic heterocycles. The molecule has 1 amide bonds. The van der Waals surface area contributed by atoms with Crippen molar-refractivity contribution in [2.75, 3.05) is 11.1 Å². The second-order valence-corrected chi connectivity index (χ2v) is 6.88. The summed E-state index contributed by atoms with van der Waals surface area (Å²) in [5.41, 5.74) is 2.08. The fraction of sp³-hybridized carbons (Fsp3) is 0.562. The number of carbonyl (C=O) groups excluding carboxylic acids is 1. The van der Waals surface area contributed by atoms with Crippen LogP contribution in [0.1, 0.15) is 38.7 Å². The molecule has 2 unspecified atom stereocenters. The Morgan fingerprint density at radius 2 is 2.15 bits per heavy atom. The molecule has 1 aromatic rings. The molecular formula is C16H24N2OS. The van der Waals surface area contributed by atoms with Gasteiger partial charge in [0.15, 0.2) is 0 Å². The predicted octanol–water partition coefficient (Wildman–Crippen LogP) is 3.41. The van der Waals surface area contributed by atoms with Gasteiger partial charge in [-0.05, 0) is 36.6 Å². The molecule has 4 heteroatoms. The minimum atomic E-state index is -0.0160. The topological polar surface area (TPSA) is 41.1 Å². The van der Waals surface area contributed by atoms with E-state index in [9.17, 15) is 4.79 Å². The lowest BCUT2D eigenvalue weighted by atomic mass is 10.1. The van der Waals surface area contributed by atoms with Gasteiger partial charge < -0.3 is 10.6 Å². The number of anilines is 1. The van der Waals surface area contributed by atoms with E-state index in [0.717, 1.165) is 23.0 Å². The number of carbonyl (C=O) groups is 1. The molecule has 0 radical (unpaired) electrons. The van der Waals surface area contributed by atoms with Crippen LogP contribution in [0.5, 0.6) is 0 Å². The van der Waals surface area contributed by atoms with Crippen LogP contribution >= 0.6 is 11.8 Å². The molecule has 2 atom stereocenters. The lowest BCUT2D eigenvalue weighted by Crippen LogP contribution is -2.26. The Kier molecular flexibility index (Phi) is 5.92. The molecule has 0 spiro atoms. The first-order valence-electron chi connectivity index (χ1n) is 7.39. The van der Waals surface area contributed by atoms with Crippen molar-refractivity contribution in [1.29, 1.82) is 0 Å². The summed E-state index contributed by atoms with van der Waals surface area (Å²) in [7, 11) is 0. The Morgan fingerprint density at radius 1 is 1.35 bits per heavy atom. The molecule has 0 heterocycles. The standard InChI is InChI=1S/C16H24N2OS/c1-3-20-15-9-8-14(10-15)17-11-13-6-4-5-7-16(13)18-12(2)19/h4-7,14-15,17H,3,8-11H2,1-2H3,(H,18,19). The van der Waals surface area contributed by atoms with Gasteiger partial charge in [-0.25, -0.2) is 0 Å². The summed E-state index contributed by atoms with van der Waals surface area (Å²) in [6, 6.07) is 8.63. The number of amides is 1. The summed E-state index contributed by atoms with van der Waals surface area (Å²) in [6.45, 7) is 4.60. The van der Waals surface area contributed by atoms with Crippen molar-refractivity contribution in [2.24, 2.45) is 0 Å². The average Bonchev–Trinajstić information content (AvgIpc) is 2.85.